The van der Waals surface area contributed by atoms with Gasteiger partial charge in [0.1, 0.15) is 18.4 Å². The minimum atomic E-state index is -4.91. The van der Waals surface area contributed by atoms with Gasteiger partial charge in [0.15, 0.2) is 0 Å². The van der Waals surface area contributed by atoms with Crippen LogP contribution in [0.4, 0.5) is 23.2 Å². The number of rotatable bonds is 11. The molecule has 0 aliphatic rings. The van der Waals surface area contributed by atoms with E-state index < -0.39 is 62.7 Å². The number of alkyl halides is 3. The molecule has 0 aliphatic heterocycles. The maximum Gasteiger partial charge on any atom is 0.417 e. The smallest absolute Gasteiger partial charge is 0.352 e. The van der Waals surface area contributed by atoms with E-state index >= 15 is 0 Å². The molecule has 232 valence electrons. The molecule has 0 aliphatic carbocycles. The number of hydrogen-bond acceptors (Lipinski definition) is 4. The van der Waals surface area contributed by atoms with Crippen molar-refractivity contribution in [3.63, 3.8) is 0 Å². The Kier molecular flexibility index (Phi) is 10.8. The lowest BCUT2D eigenvalue weighted by Crippen LogP contribution is -2.52. The number of carbonyl (C=O) groups excluding carboxylic acids is 2. The summed E-state index contributed by atoms with van der Waals surface area (Å²) in [5, 5.41) is 2.12. The van der Waals surface area contributed by atoms with Crippen LogP contribution in [0.15, 0.2) is 71.6 Å². The average Bonchev–Trinajstić information content (AvgIpc) is 2.95. The van der Waals surface area contributed by atoms with E-state index in [1.165, 1.54) is 55.5 Å². The van der Waals surface area contributed by atoms with Gasteiger partial charge in [0.05, 0.1) is 21.2 Å². The third kappa shape index (κ3) is 8.47. The van der Waals surface area contributed by atoms with Crippen LogP contribution in [0, 0.1) is 12.7 Å². The first-order chi connectivity index (χ1) is 20.0. The van der Waals surface area contributed by atoms with Crippen molar-refractivity contribution in [3.8, 4) is 0 Å². The van der Waals surface area contributed by atoms with E-state index in [0.717, 1.165) is 22.6 Å². The van der Waals surface area contributed by atoms with E-state index in [4.69, 9.17) is 11.6 Å². The molecule has 0 saturated carbocycles. The van der Waals surface area contributed by atoms with E-state index in [1.54, 1.807) is 13.8 Å². The summed E-state index contributed by atoms with van der Waals surface area (Å²) in [6, 6.07) is 11.9. The normalized spacial score (nSPS) is 13.2. The van der Waals surface area contributed by atoms with Crippen LogP contribution in [0.5, 0.6) is 0 Å². The predicted octanol–water partition coefficient (Wildman–Crippen LogP) is 6.33. The second-order valence-corrected chi connectivity index (χ2v) is 12.4. The molecule has 0 heterocycles. The first kappa shape index (κ1) is 33.9. The maximum absolute atomic E-state index is 13.9. The van der Waals surface area contributed by atoms with Gasteiger partial charge in [-0.15, -0.1) is 0 Å². The zero-order valence-electron chi connectivity index (χ0n) is 24.0. The highest BCUT2D eigenvalue weighted by atomic mass is 35.5. The number of nitrogens with one attached hydrogen (secondary N) is 1. The van der Waals surface area contributed by atoms with Gasteiger partial charge in [0.25, 0.3) is 10.0 Å². The van der Waals surface area contributed by atoms with Gasteiger partial charge in [-0.3, -0.25) is 13.9 Å². The monoisotopic (exact) mass is 641 g/mol. The Hall–Kier alpha value is -3.64. The van der Waals surface area contributed by atoms with Crippen LogP contribution >= 0.6 is 11.6 Å². The summed E-state index contributed by atoms with van der Waals surface area (Å²) in [7, 11) is -4.60. The minimum absolute atomic E-state index is 0.207. The third-order valence-electron chi connectivity index (χ3n) is 6.87. The molecule has 0 bridgehead atoms. The Balaban J connectivity index is 2.11. The highest BCUT2D eigenvalue weighted by molar-refractivity contribution is 7.92. The first-order valence-electron chi connectivity index (χ1n) is 13.3. The summed E-state index contributed by atoms with van der Waals surface area (Å²) >= 11 is 5.79. The lowest BCUT2D eigenvalue weighted by molar-refractivity contribution is -0.139. The van der Waals surface area contributed by atoms with Crippen molar-refractivity contribution in [1.29, 1.82) is 0 Å². The van der Waals surface area contributed by atoms with Crippen LogP contribution in [-0.4, -0.2) is 43.8 Å². The fraction of sp³-hybridized carbons (Fsp3) is 0.333. The van der Waals surface area contributed by atoms with Crippen molar-refractivity contribution in [2.75, 3.05) is 10.8 Å². The van der Waals surface area contributed by atoms with E-state index in [9.17, 15) is 35.6 Å². The zero-order chi connectivity index (χ0) is 32.1. The summed E-state index contributed by atoms with van der Waals surface area (Å²) in [5.41, 5.74) is -0.562. The molecule has 0 aromatic heterocycles. The Labute approximate surface area is 253 Å². The van der Waals surface area contributed by atoms with Crippen LogP contribution in [0.3, 0.4) is 0 Å². The SMILES string of the molecule is CC[C@@H](C)NC(=O)[C@H](C)N(Cc1ccc(F)cc1)C(=O)CN(c1ccc(Cl)c(C(F)(F)F)c1)S(=O)(=O)c1ccc(C)cc1. The highest BCUT2D eigenvalue weighted by Gasteiger charge is 2.37. The molecule has 2 amide bonds. The molecule has 0 spiro atoms. The van der Waals surface area contributed by atoms with Gasteiger partial charge in [0, 0.05) is 12.6 Å². The fourth-order valence-corrected chi connectivity index (χ4v) is 5.72. The Morgan fingerprint density at radius 3 is 2.14 bits per heavy atom. The van der Waals surface area contributed by atoms with Gasteiger partial charge in [-0.2, -0.15) is 13.2 Å². The largest absolute Gasteiger partial charge is 0.417 e. The van der Waals surface area contributed by atoms with Gasteiger partial charge in [-0.25, -0.2) is 12.8 Å². The van der Waals surface area contributed by atoms with Crippen molar-refractivity contribution in [2.45, 2.75) is 63.8 Å². The van der Waals surface area contributed by atoms with Gasteiger partial charge < -0.3 is 10.2 Å². The number of halogens is 5. The number of carbonyl (C=O) groups is 2. The zero-order valence-corrected chi connectivity index (χ0v) is 25.5. The average molecular weight is 642 g/mol. The standard InChI is InChI=1S/C30H32ClF4N3O4S/c1-5-20(3)36-29(40)21(4)37(17-22-8-10-23(32)11-9-22)28(39)18-38(43(41,42)25-13-6-19(2)7-14-25)24-12-15-27(31)26(16-24)30(33,34)35/h6-16,20-21H,5,17-18H2,1-4H3,(H,36,40)/t20-,21+/m1/s1. The van der Waals surface area contributed by atoms with Crippen LogP contribution in [0.25, 0.3) is 0 Å². The summed E-state index contributed by atoms with van der Waals surface area (Å²) in [6.07, 6.45) is -4.31. The quantitative estimate of drug-likeness (QED) is 0.248. The Morgan fingerprint density at radius 1 is 0.977 bits per heavy atom. The van der Waals surface area contributed by atoms with E-state index in [2.05, 4.69) is 5.32 Å². The number of sulfonamides is 1. The number of benzene rings is 3. The summed E-state index contributed by atoms with van der Waals surface area (Å²) < 4.78 is 83.1. The minimum Gasteiger partial charge on any atom is -0.352 e. The molecule has 0 fully saturated rings. The summed E-state index contributed by atoms with van der Waals surface area (Å²) in [6.45, 7) is 5.64. The van der Waals surface area contributed by atoms with Crippen LogP contribution in [0.2, 0.25) is 5.02 Å². The summed E-state index contributed by atoms with van der Waals surface area (Å²) in [4.78, 5) is 27.8. The topological polar surface area (TPSA) is 86.8 Å². The van der Waals surface area contributed by atoms with Crippen molar-refractivity contribution >= 4 is 39.1 Å². The second kappa shape index (κ2) is 13.8. The molecule has 43 heavy (non-hydrogen) atoms. The molecular formula is C30H32ClF4N3O4S. The Bertz CT molecular complexity index is 1550. The molecule has 7 nitrogen and oxygen atoms in total. The number of nitrogens with zero attached hydrogens (tertiary/aromatic N) is 2. The van der Waals surface area contributed by atoms with Gasteiger partial charge in [-0.05, 0) is 75.2 Å². The lowest BCUT2D eigenvalue weighted by Gasteiger charge is -2.32. The summed E-state index contributed by atoms with van der Waals surface area (Å²) in [5.74, 6) is -1.93. The number of aryl methyl sites for hydroxylation is 1. The number of amides is 2. The predicted molar refractivity (Wildman–Crippen MR) is 156 cm³/mol. The van der Waals surface area contributed by atoms with Crippen molar-refractivity contribution in [3.05, 3.63) is 94.3 Å². The molecule has 0 saturated heterocycles. The van der Waals surface area contributed by atoms with E-state index in [0.29, 0.717) is 22.4 Å². The molecule has 2 atom stereocenters. The van der Waals surface area contributed by atoms with E-state index in [1.807, 2.05) is 6.92 Å². The highest BCUT2D eigenvalue weighted by Crippen LogP contribution is 2.38. The van der Waals surface area contributed by atoms with Crippen LogP contribution in [-0.2, 0) is 32.3 Å². The molecular weight excluding hydrogens is 610 g/mol. The molecule has 13 heteroatoms. The Morgan fingerprint density at radius 2 is 1.58 bits per heavy atom. The maximum atomic E-state index is 13.9. The number of hydrogen-bond donors (Lipinski definition) is 1. The van der Waals surface area contributed by atoms with Crippen molar-refractivity contribution in [1.82, 2.24) is 10.2 Å². The third-order valence-corrected chi connectivity index (χ3v) is 8.98. The fourth-order valence-electron chi connectivity index (χ4n) is 4.09. The van der Waals surface area contributed by atoms with Gasteiger partial charge >= 0.3 is 6.18 Å². The van der Waals surface area contributed by atoms with Crippen molar-refractivity contribution < 1.29 is 35.6 Å². The molecule has 3 rings (SSSR count). The molecule has 3 aromatic rings. The number of anilines is 1. The van der Waals surface area contributed by atoms with Crippen LogP contribution < -0.4 is 9.62 Å². The van der Waals surface area contributed by atoms with E-state index in [-0.39, 0.29) is 17.5 Å². The molecule has 1 N–H and O–H groups in total. The second-order valence-electron chi connectivity index (χ2n) is 10.1. The molecule has 3 aromatic carbocycles. The van der Waals surface area contributed by atoms with Crippen LogP contribution in [0.1, 0.15) is 43.9 Å². The molecule has 0 unspecified atom stereocenters. The van der Waals surface area contributed by atoms with Crippen molar-refractivity contribution in [2.24, 2.45) is 0 Å². The lowest BCUT2D eigenvalue weighted by atomic mass is 10.1. The van der Waals surface area contributed by atoms with Gasteiger partial charge in [0.2, 0.25) is 11.8 Å². The first-order valence-corrected chi connectivity index (χ1v) is 15.2. The molecule has 0 radical (unpaired) electrons. The van der Waals surface area contributed by atoms with Gasteiger partial charge in [-0.1, -0.05) is 48.4 Å².